The lowest BCUT2D eigenvalue weighted by atomic mass is 9.98. The lowest BCUT2D eigenvalue weighted by molar-refractivity contribution is -0.133. The number of carboxylic acids is 1. The number of rotatable bonds is 6. The van der Waals surface area contributed by atoms with E-state index in [1.54, 1.807) is 24.3 Å². The highest BCUT2D eigenvalue weighted by atomic mass is 32.2. The molecule has 0 amide bonds. The predicted octanol–water partition coefficient (Wildman–Crippen LogP) is 5.69. The fourth-order valence-electron chi connectivity index (χ4n) is 3.45. The number of hydrogen-bond donors (Lipinski definition) is 1. The molecule has 0 fully saturated rings. The Morgan fingerprint density at radius 2 is 1.94 bits per heavy atom. The van der Waals surface area contributed by atoms with Crippen LogP contribution in [0.2, 0.25) is 0 Å². The number of carboxylic acid groups (broad SMARTS) is 1. The van der Waals surface area contributed by atoms with Crippen LogP contribution >= 0.6 is 23.1 Å². The van der Waals surface area contributed by atoms with Crippen LogP contribution < -0.4 is 5.56 Å². The maximum atomic E-state index is 14.8. The van der Waals surface area contributed by atoms with Gasteiger partial charge in [-0.15, -0.1) is 11.3 Å². The second-order valence-electron chi connectivity index (χ2n) is 7.35. The zero-order valence-corrected chi connectivity index (χ0v) is 18.8. The van der Waals surface area contributed by atoms with E-state index in [9.17, 15) is 18.4 Å². The average Bonchev–Trinajstić information content (AvgIpc) is 3.12. The van der Waals surface area contributed by atoms with Gasteiger partial charge in [-0.3, -0.25) is 14.2 Å². The molecule has 0 unspecified atom stereocenters. The van der Waals surface area contributed by atoms with Crippen molar-refractivity contribution >= 4 is 39.3 Å². The Morgan fingerprint density at radius 1 is 1.19 bits per heavy atom. The molecule has 4 aromatic rings. The monoisotopic (exact) mass is 472 g/mol. The lowest BCUT2D eigenvalue weighted by Gasteiger charge is -2.13. The summed E-state index contributed by atoms with van der Waals surface area (Å²) >= 11 is 2.15. The number of halogens is 2. The van der Waals surface area contributed by atoms with Crippen LogP contribution in [0.3, 0.4) is 0 Å². The molecule has 1 N–H and O–H groups in total. The Kier molecular flexibility index (Phi) is 6.12. The van der Waals surface area contributed by atoms with Gasteiger partial charge in [0, 0.05) is 16.0 Å². The molecule has 2 aromatic carbocycles. The van der Waals surface area contributed by atoms with Crippen LogP contribution in [-0.4, -0.2) is 26.4 Å². The molecule has 5 nitrogen and oxygen atoms in total. The molecular weight excluding hydrogens is 454 g/mol. The van der Waals surface area contributed by atoms with Crippen molar-refractivity contribution in [2.24, 2.45) is 0 Å². The summed E-state index contributed by atoms with van der Waals surface area (Å²) in [5.41, 5.74) is 0.470. The Hall–Kier alpha value is -3.04. The van der Waals surface area contributed by atoms with E-state index in [1.807, 2.05) is 13.8 Å². The quantitative estimate of drug-likeness (QED) is 0.288. The highest BCUT2D eigenvalue weighted by molar-refractivity contribution is 7.99. The van der Waals surface area contributed by atoms with Gasteiger partial charge >= 0.3 is 5.97 Å². The second kappa shape index (κ2) is 8.84. The number of fused-ring (bicyclic) bond motifs is 1. The number of aliphatic carboxylic acids is 1. The molecule has 0 atom stereocenters. The zero-order valence-electron chi connectivity index (χ0n) is 17.1. The van der Waals surface area contributed by atoms with Gasteiger partial charge in [0.05, 0.1) is 16.8 Å². The van der Waals surface area contributed by atoms with Gasteiger partial charge in [0.2, 0.25) is 0 Å². The lowest BCUT2D eigenvalue weighted by Crippen LogP contribution is -2.22. The molecule has 164 valence electrons. The minimum Gasteiger partial charge on any atom is -0.481 e. The highest BCUT2D eigenvalue weighted by Crippen LogP contribution is 2.42. The first-order valence-corrected chi connectivity index (χ1v) is 11.5. The molecule has 0 saturated heterocycles. The first-order valence-electron chi connectivity index (χ1n) is 9.72. The highest BCUT2D eigenvalue weighted by Gasteiger charge is 2.25. The molecule has 32 heavy (non-hydrogen) atoms. The van der Waals surface area contributed by atoms with Crippen LogP contribution in [0, 0.1) is 11.6 Å². The van der Waals surface area contributed by atoms with Gasteiger partial charge in [0.15, 0.2) is 5.16 Å². The normalized spacial score (nSPS) is 11.4. The number of nitrogens with zero attached hydrogens (tertiary/aromatic N) is 2. The van der Waals surface area contributed by atoms with Crippen LogP contribution in [0.15, 0.2) is 58.5 Å². The van der Waals surface area contributed by atoms with Crippen molar-refractivity contribution in [1.29, 1.82) is 0 Å². The summed E-state index contributed by atoms with van der Waals surface area (Å²) in [7, 11) is 0. The van der Waals surface area contributed by atoms with E-state index < -0.39 is 23.2 Å². The van der Waals surface area contributed by atoms with Gasteiger partial charge in [-0.2, -0.15) is 0 Å². The Balaban J connectivity index is 2.11. The number of carbonyl (C=O) groups is 1. The fourth-order valence-corrected chi connectivity index (χ4v) is 5.42. The summed E-state index contributed by atoms with van der Waals surface area (Å²) in [6, 6.07) is 11.6. The summed E-state index contributed by atoms with van der Waals surface area (Å²) in [6.07, 6.45) is 0. The van der Waals surface area contributed by atoms with E-state index >= 15 is 0 Å². The molecule has 0 aliphatic heterocycles. The Morgan fingerprint density at radius 3 is 2.59 bits per heavy atom. The Labute approximate surface area is 190 Å². The van der Waals surface area contributed by atoms with Crippen molar-refractivity contribution in [3.05, 3.63) is 75.4 Å². The van der Waals surface area contributed by atoms with E-state index in [1.165, 1.54) is 40.2 Å². The summed E-state index contributed by atoms with van der Waals surface area (Å²) < 4.78 is 29.9. The summed E-state index contributed by atoms with van der Waals surface area (Å²) in [5.74, 6) is -2.42. The van der Waals surface area contributed by atoms with Crippen LogP contribution in [-0.2, 0) is 4.79 Å². The molecule has 4 rings (SSSR count). The SMILES string of the molecule is CC(C)c1sc2nc(SCC(=O)O)n(-c3cccc(F)c3)c(=O)c2c1-c1ccccc1F. The summed E-state index contributed by atoms with van der Waals surface area (Å²) in [6.45, 7) is 3.89. The van der Waals surface area contributed by atoms with Crippen molar-refractivity contribution in [1.82, 2.24) is 9.55 Å². The van der Waals surface area contributed by atoms with Gasteiger partial charge in [-0.05, 0) is 30.2 Å². The van der Waals surface area contributed by atoms with Gasteiger partial charge in [-0.25, -0.2) is 13.8 Å². The van der Waals surface area contributed by atoms with E-state index in [-0.39, 0.29) is 33.5 Å². The maximum Gasteiger partial charge on any atom is 0.313 e. The zero-order chi connectivity index (χ0) is 23.0. The minimum atomic E-state index is -1.07. The number of thioether (sulfide) groups is 1. The van der Waals surface area contributed by atoms with Crippen LogP contribution in [0.5, 0.6) is 0 Å². The number of aromatic nitrogens is 2. The van der Waals surface area contributed by atoms with E-state index in [4.69, 9.17) is 5.11 Å². The molecular formula is C23H18F2N2O3S2. The van der Waals surface area contributed by atoms with Crippen molar-refractivity contribution < 1.29 is 18.7 Å². The molecule has 0 spiro atoms. The van der Waals surface area contributed by atoms with Crippen molar-refractivity contribution in [2.45, 2.75) is 24.9 Å². The molecule has 2 heterocycles. The third-order valence-corrected chi connectivity index (χ3v) is 7.09. The van der Waals surface area contributed by atoms with Gasteiger partial charge < -0.3 is 5.11 Å². The number of benzene rings is 2. The molecule has 0 bridgehead atoms. The first kappa shape index (κ1) is 22.2. The molecule has 9 heteroatoms. The van der Waals surface area contributed by atoms with Crippen molar-refractivity contribution in [3.8, 4) is 16.8 Å². The van der Waals surface area contributed by atoms with Crippen LogP contribution in [0.4, 0.5) is 8.78 Å². The average molecular weight is 473 g/mol. The molecule has 0 saturated carbocycles. The maximum absolute atomic E-state index is 14.8. The second-order valence-corrected chi connectivity index (χ2v) is 9.33. The smallest absolute Gasteiger partial charge is 0.313 e. The summed E-state index contributed by atoms with van der Waals surface area (Å²) in [5, 5.41) is 9.49. The standard InChI is InChI=1S/C23H18F2N2O3S2/c1-12(2)20-18(15-8-3-4-9-16(15)25)19-21(32-20)26-23(31-11-17(28)29)27(22(19)30)14-7-5-6-13(24)10-14/h3-10,12H,11H2,1-2H3,(H,28,29). The molecule has 0 aliphatic carbocycles. The van der Waals surface area contributed by atoms with Gasteiger partial charge in [0.25, 0.3) is 5.56 Å². The molecule has 0 aliphatic rings. The fraction of sp³-hybridized carbons (Fsp3) is 0.174. The third kappa shape index (κ3) is 4.05. The molecule has 0 radical (unpaired) electrons. The Bertz CT molecular complexity index is 1400. The third-order valence-electron chi connectivity index (χ3n) is 4.78. The largest absolute Gasteiger partial charge is 0.481 e. The van der Waals surface area contributed by atoms with Gasteiger partial charge in [0.1, 0.15) is 16.5 Å². The topological polar surface area (TPSA) is 72.2 Å². The minimum absolute atomic E-state index is 0.0130. The van der Waals surface area contributed by atoms with E-state index in [2.05, 4.69) is 4.98 Å². The van der Waals surface area contributed by atoms with Crippen LogP contribution in [0.1, 0.15) is 24.6 Å². The van der Waals surface area contributed by atoms with E-state index in [0.717, 1.165) is 16.6 Å². The predicted molar refractivity (Wildman–Crippen MR) is 123 cm³/mol. The summed E-state index contributed by atoms with van der Waals surface area (Å²) in [4.78, 5) is 30.7. The van der Waals surface area contributed by atoms with Gasteiger partial charge in [-0.1, -0.05) is 49.9 Å². The van der Waals surface area contributed by atoms with Crippen molar-refractivity contribution in [2.75, 3.05) is 5.75 Å². The van der Waals surface area contributed by atoms with Crippen LogP contribution in [0.25, 0.3) is 27.0 Å². The first-order chi connectivity index (χ1) is 15.3. The van der Waals surface area contributed by atoms with Crippen molar-refractivity contribution in [3.63, 3.8) is 0 Å². The van der Waals surface area contributed by atoms with E-state index in [0.29, 0.717) is 10.4 Å². The number of hydrogen-bond acceptors (Lipinski definition) is 5. The molecule has 2 aromatic heterocycles. The number of thiophene rings is 1.